The number of ether oxygens (including phenoxy) is 1. The number of para-hydroxylation sites is 1. The van der Waals surface area contributed by atoms with Crippen LogP contribution in [-0.2, 0) is 4.79 Å². The predicted molar refractivity (Wildman–Crippen MR) is 121 cm³/mol. The molecule has 0 radical (unpaired) electrons. The summed E-state index contributed by atoms with van der Waals surface area (Å²) in [6.07, 6.45) is 1.47. The Bertz CT molecular complexity index is 1050. The fourth-order valence-corrected chi connectivity index (χ4v) is 2.92. The number of nitrogens with zero attached hydrogens (tertiary/aromatic N) is 1. The van der Waals surface area contributed by atoms with Crippen molar-refractivity contribution in [3.63, 3.8) is 0 Å². The molecule has 2 amide bonds. The molecule has 0 fully saturated rings. The third kappa shape index (κ3) is 6.28. The molecule has 0 aliphatic rings. The molecular formula is C23H20BrN3O3. The first-order chi connectivity index (χ1) is 14.5. The van der Waals surface area contributed by atoms with Crippen LogP contribution in [0.25, 0.3) is 0 Å². The largest absolute Gasteiger partial charge is 0.483 e. The molecule has 0 saturated carbocycles. The van der Waals surface area contributed by atoms with Gasteiger partial charge >= 0.3 is 0 Å². The van der Waals surface area contributed by atoms with Crippen molar-refractivity contribution < 1.29 is 14.3 Å². The van der Waals surface area contributed by atoms with E-state index in [0.29, 0.717) is 22.6 Å². The summed E-state index contributed by atoms with van der Waals surface area (Å²) in [4.78, 5) is 24.3. The van der Waals surface area contributed by atoms with E-state index in [9.17, 15) is 9.59 Å². The van der Waals surface area contributed by atoms with Crippen LogP contribution in [0.15, 0.2) is 82.4 Å². The molecule has 6 nitrogen and oxygen atoms in total. The third-order valence-corrected chi connectivity index (χ3v) is 4.56. The normalized spacial score (nSPS) is 10.6. The Hall–Kier alpha value is -3.45. The maximum absolute atomic E-state index is 12.2. The molecule has 3 aromatic rings. The summed E-state index contributed by atoms with van der Waals surface area (Å²) in [6.45, 7) is 1.79. The Kier molecular flexibility index (Phi) is 7.34. The van der Waals surface area contributed by atoms with Crippen molar-refractivity contribution in [2.75, 3.05) is 11.9 Å². The molecule has 0 aliphatic carbocycles. The Balaban J connectivity index is 1.61. The summed E-state index contributed by atoms with van der Waals surface area (Å²) in [5.74, 6) is -0.125. The van der Waals surface area contributed by atoms with Crippen molar-refractivity contribution >= 4 is 39.6 Å². The van der Waals surface area contributed by atoms with Gasteiger partial charge in [-0.3, -0.25) is 9.59 Å². The lowest BCUT2D eigenvalue weighted by molar-refractivity contribution is -0.118. The monoisotopic (exact) mass is 465 g/mol. The van der Waals surface area contributed by atoms with Gasteiger partial charge in [0.15, 0.2) is 6.61 Å². The van der Waals surface area contributed by atoms with Gasteiger partial charge in [0, 0.05) is 21.3 Å². The smallest absolute Gasteiger partial charge is 0.271 e. The molecular weight excluding hydrogens is 446 g/mol. The summed E-state index contributed by atoms with van der Waals surface area (Å²) in [7, 11) is 0. The second-order valence-corrected chi connectivity index (χ2v) is 7.37. The Morgan fingerprint density at radius 3 is 2.50 bits per heavy atom. The summed E-state index contributed by atoms with van der Waals surface area (Å²) in [5, 5.41) is 6.77. The number of anilines is 1. The van der Waals surface area contributed by atoms with Crippen LogP contribution in [-0.4, -0.2) is 24.6 Å². The number of carbonyl (C=O) groups excluding carboxylic acids is 2. The standard InChI is InChI=1S/C23H20BrN3O3/c1-16-7-9-17(10-8-16)23(29)27-25-14-18-13-19(24)11-12-21(18)30-15-22(28)26-20-5-3-2-4-6-20/h2-14H,15H2,1H3,(H,26,28)(H,27,29)/b25-14+. The van der Waals surface area contributed by atoms with Crippen molar-refractivity contribution in [1.29, 1.82) is 0 Å². The maximum atomic E-state index is 12.2. The molecule has 0 spiro atoms. The minimum atomic E-state index is -0.314. The second-order valence-electron chi connectivity index (χ2n) is 6.45. The lowest BCUT2D eigenvalue weighted by Crippen LogP contribution is -2.20. The second kappa shape index (κ2) is 10.4. The maximum Gasteiger partial charge on any atom is 0.271 e. The number of halogens is 1. The van der Waals surface area contributed by atoms with E-state index in [1.54, 1.807) is 42.5 Å². The average molecular weight is 466 g/mol. The van der Waals surface area contributed by atoms with Crippen molar-refractivity contribution in [2.45, 2.75) is 6.92 Å². The van der Waals surface area contributed by atoms with Gasteiger partial charge in [-0.25, -0.2) is 5.43 Å². The highest BCUT2D eigenvalue weighted by Crippen LogP contribution is 2.22. The molecule has 0 aliphatic heterocycles. The molecule has 0 aromatic heterocycles. The van der Waals surface area contributed by atoms with Crippen molar-refractivity contribution in [3.8, 4) is 5.75 Å². The van der Waals surface area contributed by atoms with E-state index in [4.69, 9.17) is 4.74 Å². The molecule has 0 atom stereocenters. The lowest BCUT2D eigenvalue weighted by atomic mass is 10.1. The molecule has 0 saturated heterocycles. The van der Waals surface area contributed by atoms with Gasteiger partial charge in [-0.05, 0) is 49.4 Å². The summed E-state index contributed by atoms with van der Waals surface area (Å²) in [6, 6.07) is 21.6. The zero-order valence-electron chi connectivity index (χ0n) is 16.3. The van der Waals surface area contributed by atoms with Crippen LogP contribution >= 0.6 is 15.9 Å². The molecule has 30 heavy (non-hydrogen) atoms. The van der Waals surface area contributed by atoms with Gasteiger partial charge in [-0.1, -0.05) is 51.8 Å². The SMILES string of the molecule is Cc1ccc(C(=O)N/N=C/c2cc(Br)ccc2OCC(=O)Nc2ccccc2)cc1. The first-order valence-corrected chi connectivity index (χ1v) is 9.98. The third-order valence-electron chi connectivity index (χ3n) is 4.07. The van der Waals surface area contributed by atoms with Crippen LogP contribution in [0.1, 0.15) is 21.5 Å². The average Bonchev–Trinajstić information content (AvgIpc) is 2.74. The number of nitrogens with one attached hydrogen (secondary N) is 2. The highest BCUT2D eigenvalue weighted by Gasteiger charge is 2.08. The first-order valence-electron chi connectivity index (χ1n) is 9.18. The van der Waals surface area contributed by atoms with E-state index < -0.39 is 0 Å². The van der Waals surface area contributed by atoms with E-state index >= 15 is 0 Å². The fourth-order valence-electron chi connectivity index (χ4n) is 2.54. The van der Waals surface area contributed by atoms with Gasteiger partial charge in [0.1, 0.15) is 5.75 Å². The number of hydrogen-bond acceptors (Lipinski definition) is 4. The number of rotatable bonds is 7. The highest BCUT2D eigenvalue weighted by molar-refractivity contribution is 9.10. The Morgan fingerprint density at radius 1 is 1.03 bits per heavy atom. The molecule has 3 aromatic carbocycles. The van der Waals surface area contributed by atoms with Crippen LogP contribution in [0.4, 0.5) is 5.69 Å². The fraction of sp³-hybridized carbons (Fsp3) is 0.0870. The Morgan fingerprint density at radius 2 is 1.77 bits per heavy atom. The van der Waals surface area contributed by atoms with Crippen molar-refractivity contribution in [1.82, 2.24) is 5.43 Å². The summed E-state index contributed by atoms with van der Waals surface area (Å²) in [5.41, 5.74) is 5.39. The quantitative estimate of drug-likeness (QED) is 0.397. The van der Waals surface area contributed by atoms with Crippen LogP contribution in [0, 0.1) is 6.92 Å². The van der Waals surface area contributed by atoms with E-state index in [2.05, 4.69) is 31.8 Å². The van der Waals surface area contributed by atoms with Crippen LogP contribution in [0.2, 0.25) is 0 Å². The van der Waals surface area contributed by atoms with E-state index in [1.807, 2.05) is 37.3 Å². The van der Waals surface area contributed by atoms with Crippen molar-refractivity contribution in [2.24, 2.45) is 5.10 Å². The lowest BCUT2D eigenvalue weighted by Gasteiger charge is -2.10. The summed E-state index contributed by atoms with van der Waals surface area (Å²) < 4.78 is 6.46. The van der Waals surface area contributed by atoms with E-state index in [1.165, 1.54) is 6.21 Å². The van der Waals surface area contributed by atoms with E-state index in [0.717, 1.165) is 10.0 Å². The topological polar surface area (TPSA) is 79.8 Å². The van der Waals surface area contributed by atoms with Gasteiger partial charge in [0.05, 0.1) is 6.21 Å². The molecule has 0 bridgehead atoms. The highest BCUT2D eigenvalue weighted by atomic mass is 79.9. The van der Waals surface area contributed by atoms with Gasteiger partial charge in [0.25, 0.3) is 11.8 Å². The number of amides is 2. The number of aryl methyl sites for hydroxylation is 1. The molecule has 152 valence electrons. The zero-order chi connectivity index (χ0) is 21.3. The van der Waals surface area contributed by atoms with Crippen molar-refractivity contribution in [3.05, 3.63) is 94.0 Å². The number of carbonyl (C=O) groups is 2. The number of hydrogen-bond donors (Lipinski definition) is 2. The number of benzene rings is 3. The molecule has 0 unspecified atom stereocenters. The predicted octanol–water partition coefficient (Wildman–Crippen LogP) is 4.54. The van der Waals surface area contributed by atoms with Gasteiger partial charge < -0.3 is 10.1 Å². The van der Waals surface area contributed by atoms with Gasteiger partial charge in [-0.2, -0.15) is 5.10 Å². The Labute approximate surface area is 183 Å². The summed E-state index contributed by atoms with van der Waals surface area (Å²) >= 11 is 3.40. The molecule has 2 N–H and O–H groups in total. The van der Waals surface area contributed by atoms with Crippen LogP contribution in [0.3, 0.4) is 0 Å². The zero-order valence-corrected chi connectivity index (χ0v) is 17.8. The first kappa shape index (κ1) is 21.3. The van der Waals surface area contributed by atoms with Crippen LogP contribution < -0.4 is 15.5 Å². The van der Waals surface area contributed by atoms with Crippen LogP contribution in [0.5, 0.6) is 5.75 Å². The molecule has 0 heterocycles. The van der Waals surface area contributed by atoms with Gasteiger partial charge in [0.2, 0.25) is 0 Å². The minimum absolute atomic E-state index is 0.160. The molecule has 3 rings (SSSR count). The van der Waals surface area contributed by atoms with Gasteiger partial charge in [-0.15, -0.1) is 0 Å². The number of hydrazone groups is 1. The molecule has 7 heteroatoms. The minimum Gasteiger partial charge on any atom is -0.483 e. The van der Waals surface area contributed by atoms with E-state index in [-0.39, 0.29) is 18.4 Å².